The second-order valence-corrected chi connectivity index (χ2v) is 6.77. The van der Waals surface area contributed by atoms with E-state index in [2.05, 4.69) is 9.82 Å². The van der Waals surface area contributed by atoms with Gasteiger partial charge in [-0.25, -0.2) is 21.9 Å². The summed E-state index contributed by atoms with van der Waals surface area (Å²) in [5.74, 6) is -1.81. The second kappa shape index (κ2) is 6.72. The molecule has 0 aliphatic heterocycles. The fourth-order valence-corrected chi connectivity index (χ4v) is 3.15. The molecule has 1 aromatic heterocycles. The van der Waals surface area contributed by atoms with E-state index in [1.807, 2.05) is 0 Å². The average Bonchev–Trinajstić information content (AvgIpc) is 2.78. The highest BCUT2D eigenvalue weighted by Gasteiger charge is 2.19. The summed E-state index contributed by atoms with van der Waals surface area (Å²) < 4.78 is 54.3. The predicted octanol–water partition coefficient (Wildman–Crippen LogP) is 2.49. The standard InChI is InChI=1S/C13H14ClF2N3O2S/c1-9-11(14)8-17-19(9)6-2-5-18-22(20,21)13-7-10(15)3-4-12(13)16/h3-4,7-8,18H,2,5-6H2,1H3. The summed E-state index contributed by atoms with van der Waals surface area (Å²) in [6, 6.07) is 2.28. The van der Waals surface area contributed by atoms with Crippen LogP contribution in [0.3, 0.4) is 0 Å². The van der Waals surface area contributed by atoms with Gasteiger partial charge in [0.2, 0.25) is 10.0 Å². The van der Waals surface area contributed by atoms with Gasteiger partial charge in [0.05, 0.1) is 16.9 Å². The molecule has 0 bridgehead atoms. The lowest BCUT2D eigenvalue weighted by Gasteiger charge is -2.08. The van der Waals surface area contributed by atoms with Crippen LogP contribution in [0.1, 0.15) is 12.1 Å². The SMILES string of the molecule is Cc1c(Cl)cnn1CCCNS(=O)(=O)c1cc(F)ccc1F. The molecule has 0 fully saturated rings. The molecule has 5 nitrogen and oxygen atoms in total. The maximum absolute atomic E-state index is 13.5. The molecule has 0 atom stereocenters. The molecule has 2 rings (SSSR count). The van der Waals surface area contributed by atoms with Gasteiger partial charge in [-0.1, -0.05) is 11.6 Å². The largest absolute Gasteiger partial charge is 0.268 e. The van der Waals surface area contributed by atoms with Gasteiger partial charge in [-0.15, -0.1) is 0 Å². The Labute approximate surface area is 132 Å². The molecule has 0 spiro atoms. The van der Waals surface area contributed by atoms with E-state index in [9.17, 15) is 17.2 Å². The van der Waals surface area contributed by atoms with E-state index in [0.29, 0.717) is 24.1 Å². The summed E-state index contributed by atoms with van der Waals surface area (Å²) in [5, 5.41) is 4.56. The third-order valence-corrected chi connectivity index (χ3v) is 4.91. The van der Waals surface area contributed by atoms with Crippen LogP contribution in [0.5, 0.6) is 0 Å². The van der Waals surface area contributed by atoms with Crippen LogP contribution in [0.25, 0.3) is 0 Å². The Hall–Kier alpha value is -1.51. The third-order valence-electron chi connectivity index (χ3n) is 3.06. The first-order valence-electron chi connectivity index (χ1n) is 6.44. The molecule has 0 unspecified atom stereocenters. The number of hydrogen-bond acceptors (Lipinski definition) is 3. The first-order chi connectivity index (χ1) is 10.3. The van der Waals surface area contributed by atoms with Gasteiger partial charge in [0, 0.05) is 13.1 Å². The lowest BCUT2D eigenvalue weighted by atomic mass is 10.3. The van der Waals surface area contributed by atoms with Crippen LogP contribution in [0, 0.1) is 18.6 Å². The molecule has 1 heterocycles. The van der Waals surface area contributed by atoms with Crippen LogP contribution < -0.4 is 4.72 Å². The summed E-state index contributed by atoms with van der Waals surface area (Å²) in [5.41, 5.74) is 0.778. The van der Waals surface area contributed by atoms with Crippen molar-refractivity contribution in [2.45, 2.75) is 24.8 Å². The highest BCUT2D eigenvalue weighted by Crippen LogP contribution is 2.16. The maximum atomic E-state index is 13.5. The predicted molar refractivity (Wildman–Crippen MR) is 78.1 cm³/mol. The van der Waals surface area contributed by atoms with Crippen molar-refractivity contribution in [2.75, 3.05) is 6.54 Å². The summed E-state index contributed by atoms with van der Waals surface area (Å²) >= 11 is 5.86. The Morgan fingerprint density at radius 1 is 1.36 bits per heavy atom. The molecule has 0 aliphatic rings. The van der Waals surface area contributed by atoms with Crippen molar-refractivity contribution in [1.82, 2.24) is 14.5 Å². The highest BCUT2D eigenvalue weighted by molar-refractivity contribution is 7.89. The van der Waals surface area contributed by atoms with Crippen molar-refractivity contribution >= 4 is 21.6 Å². The fourth-order valence-electron chi connectivity index (χ4n) is 1.85. The van der Waals surface area contributed by atoms with Crippen molar-refractivity contribution in [1.29, 1.82) is 0 Å². The zero-order chi connectivity index (χ0) is 16.3. The second-order valence-electron chi connectivity index (χ2n) is 4.63. The van der Waals surface area contributed by atoms with E-state index in [1.165, 1.54) is 6.20 Å². The zero-order valence-electron chi connectivity index (χ0n) is 11.7. The highest BCUT2D eigenvalue weighted by atomic mass is 35.5. The van der Waals surface area contributed by atoms with E-state index in [-0.39, 0.29) is 6.54 Å². The van der Waals surface area contributed by atoms with Gasteiger partial charge in [-0.3, -0.25) is 4.68 Å². The Kier molecular flexibility index (Phi) is 5.15. The number of halogens is 3. The van der Waals surface area contributed by atoms with E-state index >= 15 is 0 Å². The summed E-state index contributed by atoms with van der Waals surface area (Å²) in [7, 11) is -4.09. The van der Waals surface area contributed by atoms with Gasteiger partial charge >= 0.3 is 0 Å². The van der Waals surface area contributed by atoms with E-state index in [1.54, 1.807) is 11.6 Å². The van der Waals surface area contributed by atoms with Crippen LogP contribution in [0.15, 0.2) is 29.3 Å². The van der Waals surface area contributed by atoms with Gasteiger partial charge in [0.1, 0.15) is 16.5 Å². The lowest BCUT2D eigenvalue weighted by Crippen LogP contribution is -2.26. The number of rotatable bonds is 6. The Balaban J connectivity index is 1.96. The van der Waals surface area contributed by atoms with Gasteiger partial charge < -0.3 is 0 Å². The van der Waals surface area contributed by atoms with Crippen molar-refractivity contribution in [2.24, 2.45) is 0 Å². The molecule has 0 radical (unpaired) electrons. The molecule has 1 N–H and O–H groups in total. The van der Waals surface area contributed by atoms with Crippen LogP contribution >= 0.6 is 11.6 Å². The molecule has 9 heteroatoms. The first kappa shape index (κ1) is 16.9. The average molecular weight is 350 g/mol. The minimum absolute atomic E-state index is 0.0647. The Morgan fingerprint density at radius 3 is 2.73 bits per heavy atom. The molecule has 0 aliphatic carbocycles. The molecule has 120 valence electrons. The van der Waals surface area contributed by atoms with Crippen molar-refractivity contribution in [3.05, 3.63) is 46.7 Å². The van der Waals surface area contributed by atoms with Crippen LogP contribution in [0.4, 0.5) is 8.78 Å². The topological polar surface area (TPSA) is 64.0 Å². The van der Waals surface area contributed by atoms with E-state index in [4.69, 9.17) is 11.6 Å². The number of benzene rings is 1. The van der Waals surface area contributed by atoms with E-state index in [0.717, 1.165) is 17.8 Å². The molecule has 22 heavy (non-hydrogen) atoms. The quantitative estimate of drug-likeness (QED) is 0.815. The van der Waals surface area contributed by atoms with Gasteiger partial charge in [0.25, 0.3) is 0 Å². The molecule has 0 saturated heterocycles. The first-order valence-corrected chi connectivity index (χ1v) is 8.30. The molecule has 2 aromatic rings. The molecular weight excluding hydrogens is 336 g/mol. The summed E-state index contributed by atoms with van der Waals surface area (Å²) in [6.07, 6.45) is 1.93. The van der Waals surface area contributed by atoms with Gasteiger partial charge in [-0.2, -0.15) is 5.10 Å². The minimum atomic E-state index is -4.09. The van der Waals surface area contributed by atoms with Crippen LogP contribution in [-0.2, 0) is 16.6 Å². The summed E-state index contributed by atoms with van der Waals surface area (Å²) in [4.78, 5) is -0.703. The zero-order valence-corrected chi connectivity index (χ0v) is 13.3. The van der Waals surface area contributed by atoms with Crippen LogP contribution in [0.2, 0.25) is 5.02 Å². The third kappa shape index (κ3) is 3.82. The van der Waals surface area contributed by atoms with Gasteiger partial charge in [-0.05, 0) is 31.5 Å². The fraction of sp³-hybridized carbons (Fsp3) is 0.308. The summed E-state index contributed by atoms with van der Waals surface area (Å²) in [6.45, 7) is 2.31. The number of nitrogens with zero attached hydrogens (tertiary/aromatic N) is 2. The Morgan fingerprint density at radius 2 is 2.09 bits per heavy atom. The molecular formula is C13H14ClF2N3O2S. The smallest absolute Gasteiger partial charge is 0.243 e. The van der Waals surface area contributed by atoms with Crippen molar-refractivity contribution < 1.29 is 17.2 Å². The minimum Gasteiger partial charge on any atom is -0.268 e. The monoisotopic (exact) mass is 349 g/mol. The van der Waals surface area contributed by atoms with E-state index < -0.39 is 26.6 Å². The molecule has 1 aromatic carbocycles. The van der Waals surface area contributed by atoms with Crippen LogP contribution in [-0.4, -0.2) is 24.7 Å². The van der Waals surface area contributed by atoms with Crippen molar-refractivity contribution in [3.63, 3.8) is 0 Å². The normalized spacial score (nSPS) is 11.8. The number of nitrogens with one attached hydrogen (secondary N) is 1. The Bertz CT molecular complexity index is 778. The number of aromatic nitrogens is 2. The lowest BCUT2D eigenvalue weighted by molar-refractivity contribution is 0.532. The molecule has 0 amide bonds. The molecule has 0 saturated carbocycles. The number of aryl methyl sites for hydroxylation is 1. The number of hydrogen-bond donors (Lipinski definition) is 1. The number of sulfonamides is 1. The maximum Gasteiger partial charge on any atom is 0.243 e. The van der Waals surface area contributed by atoms with Crippen molar-refractivity contribution in [3.8, 4) is 0 Å². The van der Waals surface area contributed by atoms with Gasteiger partial charge in [0.15, 0.2) is 0 Å².